The van der Waals surface area contributed by atoms with E-state index in [1.807, 2.05) is 24.4 Å². The molecule has 0 saturated heterocycles. The fourth-order valence-electron chi connectivity index (χ4n) is 0.756. The highest BCUT2D eigenvalue weighted by Gasteiger charge is 2.38. The number of aromatic nitrogens is 1. The summed E-state index contributed by atoms with van der Waals surface area (Å²) in [5, 5.41) is 10.3. The van der Waals surface area contributed by atoms with Crippen LogP contribution in [0.5, 0.6) is 0 Å². The predicted octanol–water partition coefficient (Wildman–Crippen LogP) is 1.82. The van der Waals surface area contributed by atoms with Crippen LogP contribution >= 0.6 is 0 Å². The summed E-state index contributed by atoms with van der Waals surface area (Å²) in [6, 6.07) is 5.94. The molecule has 0 unspecified atom stereocenters. The first kappa shape index (κ1) is 15.4. The summed E-state index contributed by atoms with van der Waals surface area (Å²) in [6.45, 7) is 3.96. The number of carbonyl (C=O) groups is 1. The summed E-state index contributed by atoms with van der Waals surface area (Å²) >= 11 is 0. The Morgan fingerprint density at radius 3 is 2.41 bits per heavy atom. The van der Waals surface area contributed by atoms with Gasteiger partial charge in [0.15, 0.2) is 0 Å². The van der Waals surface area contributed by atoms with Gasteiger partial charge in [0, 0.05) is 12.7 Å². The fraction of sp³-hybridized carbons (Fsp3) is 0.400. The minimum atomic E-state index is -5.08. The van der Waals surface area contributed by atoms with Crippen LogP contribution in [0.3, 0.4) is 0 Å². The topological polar surface area (TPSA) is 62.2 Å². The van der Waals surface area contributed by atoms with Crippen LogP contribution in [-0.2, 0) is 11.3 Å². The molecule has 7 heteroatoms. The largest absolute Gasteiger partial charge is 0.490 e. The molecule has 0 fully saturated rings. The van der Waals surface area contributed by atoms with E-state index in [1.165, 1.54) is 0 Å². The molecule has 2 N–H and O–H groups in total. The van der Waals surface area contributed by atoms with Crippen LogP contribution in [0.4, 0.5) is 13.2 Å². The number of halogens is 3. The van der Waals surface area contributed by atoms with Gasteiger partial charge in [-0.25, -0.2) is 4.79 Å². The first-order valence-corrected chi connectivity index (χ1v) is 4.78. The molecule has 1 aromatic rings. The van der Waals surface area contributed by atoms with Gasteiger partial charge in [-0.15, -0.1) is 0 Å². The normalized spacial score (nSPS) is 10.4. The van der Waals surface area contributed by atoms with Crippen molar-refractivity contribution in [2.45, 2.75) is 19.6 Å². The molecule has 0 amide bonds. The molecule has 0 spiro atoms. The number of alkyl halides is 3. The Morgan fingerprint density at radius 2 is 2.06 bits per heavy atom. The van der Waals surface area contributed by atoms with Gasteiger partial charge < -0.3 is 10.4 Å². The van der Waals surface area contributed by atoms with E-state index in [4.69, 9.17) is 9.90 Å². The number of nitrogens with one attached hydrogen (secondary N) is 1. The molecule has 0 bridgehead atoms. The van der Waals surface area contributed by atoms with E-state index in [1.54, 1.807) is 0 Å². The predicted molar refractivity (Wildman–Crippen MR) is 55.3 cm³/mol. The highest BCUT2D eigenvalue weighted by atomic mass is 19.4. The van der Waals surface area contributed by atoms with Crippen molar-refractivity contribution in [2.75, 3.05) is 6.54 Å². The molecule has 1 rings (SSSR count). The first-order valence-electron chi connectivity index (χ1n) is 4.78. The Labute approximate surface area is 96.5 Å². The second-order valence-corrected chi connectivity index (χ2v) is 2.90. The van der Waals surface area contributed by atoms with E-state index in [9.17, 15) is 13.2 Å². The summed E-state index contributed by atoms with van der Waals surface area (Å²) in [5.74, 6) is -2.76. The lowest BCUT2D eigenvalue weighted by Crippen LogP contribution is -2.21. The van der Waals surface area contributed by atoms with Gasteiger partial charge >= 0.3 is 12.1 Å². The third-order valence-electron chi connectivity index (χ3n) is 1.52. The number of pyridine rings is 1. The summed E-state index contributed by atoms with van der Waals surface area (Å²) in [7, 11) is 0. The number of nitrogens with zero attached hydrogens (tertiary/aromatic N) is 1. The molecule has 0 saturated carbocycles. The Bertz CT molecular complexity index is 328. The minimum Gasteiger partial charge on any atom is -0.475 e. The zero-order chi connectivity index (χ0) is 13.3. The molecule has 4 nitrogen and oxygen atoms in total. The number of carboxylic acids is 1. The van der Waals surface area contributed by atoms with E-state index in [0.29, 0.717) is 0 Å². The SMILES string of the molecule is CCNCc1ccccn1.O=C(O)C(F)(F)F. The number of aliphatic carboxylic acids is 1. The minimum absolute atomic E-state index is 0.872. The van der Waals surface area contributed by atoms with Gasteiger partial charge in [-0.3, -0.25) is 4.98 Å². The maximum Gasteiger partial charge on any atom is 0.490 e. The van der Waals surface area contributed by atoms with Crippen molar-refractivity contribution in [2.24, 2.45) is 0 Å². The molecule has 0 radical (unpaired) electrons. The Balaban J connectivity index is 0.000000325. The van der Waals surface area contributed by atoms with Crippen molar-refractivity contribution in [1.29, 1.82) is 0 Å². The lowest BCUT2D eigenvalue weighted by atomic mass is 10.3. The zero-order valence-corrected chi connectivity index (χ0v) is 9.16. The zero-order valence-electron chi connectivity index (χ0n) is 9.16. The number of hydrogen-bond acceptors (Lipinski definition) is 3. The van der Waals surface area contributed by atoms with Crippen molar-refractivity contribution < 1.29 is 23.1 Å². The molecule has 1 aromatic heterocycles. The summed E-state index contributed by atoms with van der Waals surface area (Å²) in [6.07, 6.45) is -3.27. The van der Waals surface area contributed by atoms with Gasteiger partial charge in [0.05, 0.1) is 5.69 Å². The highest BCUT2D eigenvalue weighted by molar-refractivity contribution is 5.73. The molecule has 0 atom stereocenters. The fourth-order valence-corrected chi connectivity index (χ4v) is 0.756. The van der Waals surface area contributed by atoms with Crippen molar-refractivity contribution in [1.82, 2.24) is 10.3 Å². The standard InChI is InChI=1S/C8H12N2.C2HF3O2/c1-2-9-7-8-5-3-4-6-10-8;3-2(4,5)1(6)7/h3-6,9H,2,7H2,1H3;(H,6,7). The van der Waals surface area contributed by atoms with Crippen molar-refractivity contribution in [3.63, 3.8) is 0 Å². The van der Waals surface area contributed by atoms with E-state index < -0.39 is 12.1 Å². The molecular weight excluding hydrogens is 237 g/mol. The van der Waals surface area contributed by atoms with Crippen LogP contribution in [0.2, 0.25) is 0 Å². The third-order valence-corrected chi connectivity index (χ3v) is 1.52. The summed E-state index contributed by atoms with van der Waals surface area (Å²) in [5.41, 5.74) is 1.10. The third kappa shape index (κ3) is 8.21. The summed E-state index contributed by atoms with van der Waals surface area (Å²) in [4.78, 5) is 13.0. The Hall–Kier alpha value is -1.63. The van der Waals surface area contributed by atoms with Crippen molar-refractivity contribution >= 4 is 5.97 Å². The van der Waals surface area contributed by atoms with Gasteiger partial charge in [0.1, 0.15) is 0 Å². The second-order valence-electron chi connectivity index (χ2n) is 2.90. The average Bonchev–Trinajstić information content (AvgIpc) is 2.27. The molecule has 0 aromatic carbocycles. The first-order chi connectivity index (χ1) is 7.88. The highest BCUT2D eigenvalue weighted by Crippen LogP contribution is 2.13. The van der Waals surface area contributed by atoms with Gasteiger partial charge in [0.2, 0.25) is 0 Å². The number of rotatable bonds is 3. The van der Waals surface area contributed by atoms with E-state index in [-0.39, 0.29) is 0 Å². The molecule has 0 aliphatic carbocycles. The van der Waals surface area contributed by atoms with Crippen molar-refractivity contribution in [3.05, 3.63) is 30.1 Å². The Kier molecular flexibility index (Phi) is 6.88. The monoisotopic (exact) mass is 250 g/mol. The number of carboxylic acid groups (broad SMARTS) is 1. The average molecular weight is 250 g/mol. The van der Waals surface area contributed by atoms with Crippen LogP contribution in [-0.4, -0.2) is 28.8 Å². The van der Waals surface area contributed by atoms with Crippen LogP contribution in [0.1, 0.15) is 12.6 Å². The van der Waals surface area contributed by atoms with Crippen LogP contribution in [0.15, 0.2) is 24.4 Å². The van der Waals surface area contributed by atoms with E-state index in [0.717, 1.165) is 18.8 Å². The quantitative estimate of drug-likeness (QED) is 0.859. The number of hydrogen-bond donors (Lipinski definition) is 2. The maximum absolute atomic E-state index is 10.6. The second kappa shape index (κ2) is 7.61. The molecule has 17 heavy (non-hydrogen) atoms. The van der Waals surface area contributed by atoms with Crippen LogP contribution < -0.4 is 5.32 Å². The molecular formula is C10H13F3N2O2. The van der Waals surface area contributed by atoms with Gasteiger partial charge in [-0.05, 0) is 18.7 Å². The van der Waals surface area contributed by atoms with Gasteiger partial charge in [-0.1, -0.05) is 13.0 Å². The molecule has 1 heterocycles. The van der Waals surface area contributed by atoms with Crippen LogP contribution in [0.25, 0.3) is 0 Å². The maximum atomic E-state index is 10.6. The van der Waals surface area contributed by atoms with E-state index in [2.05, 4.69) is 17.2 Å². The lowest BCUT2D eigenvalue weighted by molar-refractivity contribution is -0.192. The van der Waals surface area contributed by atoms with Crippen LogP contribution in [0, 0.1) is 0 Å². The van der Waals surface area contributed by atoms with Gasteiger partial charge in [-0.2, -0.15) is 13.2 Å². The van der Waals surface area contributed by atoms with Gasteiger partial charge in [0.25, 0.3) is 0 Å². The lowest BCUT2D eigenvalue weighted by Gasteiger charge is -1.98. The van der Waals surface area contributed by atoms with Crippen molar-refractivity contribution in [3.8, 4) is 0 Å². The summed E-state index contributed by atoms with van der Waals surface area (Å²) < 4.78 is 31.7. The van der Waals surface area contributed by atoms with E-state index >= 15 is 0 Å². The molecule has 96 valence electrons. The Morgan fingerprint density at radius 1 is 1.47 bits per heavy atom. The smallest absolute Gasteiger partial charge is 0.475 e. The molecule has 0 aliphatic rings. The molecule has 0 aliphatic heterocycles.